The number of carboxylic acids is 2. The smallest absolute Gasteiger partial charge is 0.332 e. The first-order chi connectivity index (χ1) is 13.2. The fraction of sp³-hybridized carbons (Fsp3) is 0.222. The van der Waals surface area contributed by atoms with Gasteiger partial charge in [-0.05, 0) is 37.3 Å². The number of nitrogens with zero attached hydrogens (tertiary/aromatic N) is 2. The fourth-order valence-electron chi connectivity index (χ4n) is 2.97. The lowest BCUT2D eigenvalue weighted by Crippen LogP contribution is -2.45. The molecule has 0 fully saturated rings. The number of aryl methyl sites for hydroxylation is 1. The Balaban J connectivity index is 2.35. The normalized spacial score (nSPS) is 12.2. The van der Waals surface area contributed by atoms with E-state index in [9.17, 15) is 24.3 Å². The molecule has 9 nitrogen and oxygen atoms in total. The summed E-state index contributed by atoms with van der Waals surface area (Å²) in [7, 11) is 0. The van der Waals surface area contributed by atoms with Crippen LogP contribution >= 0.6 is 11.6 Å². The van der Waals surface area contributed by atoms with Crippen molar-refractivity contribution in [1.82, 2.24) is 9.13 Å². The Hall–Kier alpha value is -3.33. The minimum Gasteiger partial charge on any atom is -0.481 e. The second-order valence-electron chi connectivity index (χ2n) is 6.17. The zero-order chi connectivity index (χ0) is 20.6. The summed E-state index contributed by atoms with van der Waals surface area (Å²) in [6.07, 6.45) is -0.934. The molecule has 1 aromatic carbocycles. The summed E-state index contributed by atoms with van der Waals surface area (Å²) >= 11 is 5.96. The van der Waals surface area contributed by atoms with Crippen LogP contribution in [0.15, 0.2) is 44.3 Å². The predicted octanol–water partition coefficient (Wildman–Crippen LogP) is 1.87. The van der Waals surface area contributed by atoms with Crippen molar-refractivity contribution in [2.45, 2.75) is 25.9 Å². The van der Waals surface area contributed by atoms with Gasteiger partial charge in [0, 0.05) is 5.02 Å². The molecule has 0 saturated carbocycles. The van der Waals surface area contributed by atoms with E-state index in [4.69, 9.17) is 21.1 Å². The van der Waals surface area contributed by atoms with Crippen molar-refractivity contribution in [3.8, 4) is 0 Å². The Morgan fingerprint density at radius 3 is 2.46 bits per heavy atom. The van der Waals surface area contributed by atoms with Crippen LogP contribution in [0.2, 0.25) is 5.02 Å². The van der Waals surface area contributed by atoms with E-state index in [1.165, 1.54) is 18.2 Å². The highest BCUT2D eigenvalue weighted by molar-refractivity contribution is 6.31. The van der Waals surface area contributed by atoms with Crippen molar-refractivity contribution in [2.75, 3.05) is 0 Å². The number of aliphatic carboxylic acids is 2. The molecule has 10 heteroatoms. The van der Waals surface area contributed by atoms with Crippen LogP contribution in [0.1, 0.15) is 24.0 Å². The largest absolute Gasteiger partial charge is 0.481 e. The van der Waals surface area contributed by atoms with Gasteiger partial charge in [0.2, 0.25) is 0 Å². The Kier molecular flexibility index (Phi) is 5.10. The zero-order valence-corrected chi connectivity index (χ0v) is 15.3. The van der Waals surface area contributed by atoms with Crippen LogP contribution in [0, 0.1) is 6.92 Å². The highest BCUT2D eigenvalue weighted by atomic mass is 35.5. The minimum absolute atomic E-state index is 0.00739. The lowest BCUT2D eigenvalue weighted by molar-refractivity contribution is -0.147. The van der Waals surface area contributed by atoms with Crippen LogP contribution in [0.4, 0.5) is 0 Å². The zero-order valence-electron chi connectivity index (χ0n) is 14.6. The van der Waals surface area contributed by atoms with E-state index in [1.54, 1.807) is 19.1 Å². The molecule has 28 heavy (non-hydrogen) atoms. The molecular formula is C18H15ClN2O7. The van der Waals surface area contributed by atoms with Gasteiger partial charge in [-0.25, -0.2) is 14.2 Å². The lowest BCUT2D eigenvalue weighted by Gasteiger charge is -2.17. The Labute approximate surface area is 162 Å². The first-order valence-electron chi connectivity index (χ1n) is 8.13. The molecule has 2 N–H and O–H groups in total. The summed E-state index contributed by atoms with van der Waals surface area (Å²) in [4.78, 5) is 48.6. The van der Waals surface area contributed by atoms with Crippen LogP contribution in [-0.4, -0.2) is 31.3 Å². The number of rotatable bonds is 6. The van der Waals surface area contributed by atoms with E-state index in [-0.39, 0.29) is 22.5 Å². The monoisotopic (exact) mass is 406 g/mol. The summed E-state index contributed by atoms with van der Waals surface area (Å²) in [6.45, 7) is 1.64. The average molecular weight is 407 g/mol. The molecule has 0 saturated heterocycles. The molecule has 0 aliphatic carbocycles. The third-order valence-electron chi connectivity index (χ3n) is 4.21. The van der Waals surface area contributed by atoms with E-state index in [2.05, 4.69) is 0 Å². The number of carboxylic acid groups (broad SMARTS) is 2. The number of hydrogen-bond donors (Lipinski definition) is 2. The van der Waals surface area contributed by atoms with Crippen molar-refractivity contribution in [1.29, 1.82) is 0 Å². The third kappa shape index (κ3) is 3.56. The Bertz CT molecular complexity index is 1200. The number of aromatic nitrogens is 2. The Morgan fingerprint density at radius 2 is 1.89 bits per heavy atom. The molecule has 1 atom stereocenters. The standard InChI is InChI=1S/C18H15ClN2O7/c1-9-2-4-11(28-9)8-20-13-5-3-10(19)6-12(13)16(24)21(18(20)27)14(17(25)26)7-15(22)23/h2-6,14H,7-8H2,1H3,(H,22,23)(H,25,26). The van der Waals surface area contributed by atoms with Gasteiger partial charge in [-0.3, -0.25) is 14.2 Å². The summed E-state index contributed by atoms with van der Waals surface area (Å²) in [5.41, 5.74) is -1.66. The van der Waals surface area contributed by atoms with Gasteiger partial charge >= 0.3 is 17.6 Å². The molecule has 1 unspecified atom stereocenters. The average Bonchev–Trinajstić information content (AvgIpc) is 3.02. The summed E-state index contributed by atoms with van der Waals surface area (Å²) in [5, 5.41) is 18.6. The van der Waals surface area contributed by atoms with E-state index in [0.717, 1.165) is 4.57 Å². The van der Waals surface area contributed by atoms with Crippen molar-refractivity contribution in [3.05, 3.63) is 67.7 Å². The molecule has 0 radical (unpaired) electrons. The molecular weight excluding hydrogens is 392 g/mol. The van der Waals surface area contributed by atoms with Crippen molar-refractivity contribution in [3.63, 3.8) is 0 Å². The molecule has 146 valence electrons. The molecule has 0 aliphatic rings. The van der Waals surface area contributed by atoms with Gasteiger partial charge in [-0.15, -0.1) is 0 Å². The number of carbonyl (C=O) groups is 2. The van der Waals surface area contributed by atoms with Crippen LogP contribution in [0.5, 0.6) is 0 Å². The van der Waals surface area contributed by atoms with Crippen molar-refractivity contribution < 1.29 is 24.2 Å². The summed E-state index contributed by atoms with van der Waals surface area (Å²) in [5.74, 6) is -2.05. The number of halogens is 1. The van der Waals surface area contributed by atoms with E-state index in [0.29, 0.717) is 16.1 Å². The molecule has 2 heterocycles. The van der Waals surface area contributed by atoms with Crippen LogP contribution in [-0.2, 0) is 16.1 Å². The maximum atomic E-state index is 13.0. The topological polar surface area (TPSA) is 132 Å². The predicted molar refractivity (Wildman–Crippen MR) is 99.0 cm³/mol. The van der Waals surface area contributed by atoms with E-state index in [1.807, 2.05) is 0 Å². The maximum Gasteiger partial charge on any atom is 0.332 e. The van der Waals surface area contributed by atoms with Gasteiger partial charge in [-0.2, -0.15) is 0 Å². The first-order valence-corrected chi connectivity index (χ1v) is 8.51. The summed E-state index contributed by atoms with van der Waals surface area (Å²) in [6, 6.07) is 5.73. The van der Waals surface area contributed by atoms with Gasteiger partial charge in [0.15, 0.2) is 0 Å². The van der Waals surface area contributed by atoms with Crippen LogP contribution < -0.4 is 11.2 Å². The van der Waals surface area contributed by atoms with Gasteiger partial charge in [0.1, 0.15) is 17.6 Å². The second-order valence-corrected chi connectivity index (χ2v) is 6.61. The fourth-order valence-corrected chi connectivity index (χ4v) is 3.14. The molecule has 3 aromatic rings. The van der Waals surface area contributed by atoms with E-state index >= 15 is 0 Å². The minimum atomic E-state index is -1.87. The lowest BCUT2D eigenvalue weighted by atomic mass is 10.2. The van der Waals surface area contributed by atoms with Gasteiger partial charge in [0.05, 0.1) is 23.9 Å². The quantitative estimate of drug-likeness (QED) is 0.638. The molecule has 0 bridgehead atoms. The summed E-state index contributed by atoms with van der Waals surface area (Å²) < 4.78 is 7.07. The van der Waals surface area contributed by atoms with E-state index < -0.39 is 35.7 Å². The highest BCUT2D eigenvalue weighted by Gasteiger charge is 2.28. The van der Waals surface area contributed by atoms with Gasteiger partial charge in [-0.1, -0.05) is 11.6 Å². The highest BCUT2D eigenvalue weighted by Crippen LogP contribution is 2.18. The van der Waals surface area contributed by atoms with Crippen molar-refractivity contribution >= 4 is 34.4 Å². The molecule has 2 aromatic heterocycles. The molecule has 0 amide bonds. The van der Waals surface area contributed by atoms with Gasteiger partial charge in [0.25, 0.3) is 5.56 Å². The third-order valence-corrected chi connectivity index (χ3v) is 4.45. The second kappa shape index (κ2) is 7.35. The molecule has 0 aliphatic heterocycles. The molecule has 0 spiro atoms. The van der Waals surface area contributed by atoms with Crippen LogP contribution in [0.25, 0.3) is 10.9 Å². The van der Waals surface area contributed by atoms with Gasteiger partial charge < -0.3 is 14.6 Å². The number of fused-ring (bicyclic) bond motifs is 1. The van der Waals surface area contributed by atoms with Crippen molar-refractivity contribution in [2.24, 2.45) is 0 Å². The first kappa shape index (κ1) is 19.4. The number of furan rings is 1. The number of benzene rings is 1. The van der Waals surface area contributed by atoms with Crippen LogP contribution in [0.3, 0.4) is 0 Å². The number of hydrogen-bond acceptors (Lipinski definition) is 5. The Morgan fingerprint density at radius 1 is 1.18 bits per heavy atom. The molecule has 3 rings (SSSR count). The SMILES string of the molecule is Cc1ccc(Cn2c(=O)n(C(CC(=O)O)C(=O)O)c(=O)c3cc(Cl)ccc32)o1. The maximum absolute atomic E-state index is 13.0.